The number of rotatable bonds is 9. The average molecular weight is 386 g/mol. The number of carbonyl (C=O) groups excluding carboxylic acids is 2. The summed E-state index contributed by atoms with van der Waals surface area (Å²) in [4.78, 5) is 26.4. The molecule has 2 aromatic rings. The summed E-state index contributed by atoms with van der Waals surface area (Å²) in [5.41, 5.74) is 0.984. The van der Waals surface area contributed by atoms with E-state index in [4.69, 9.17) is 14.2 Å². The van der Waals surface area contributed by atoms with Crippen LogP contribution in [0.2, 0.25) is 0 Å². The fourth-order valence-electron chi connectivity index (χ4n) is 2.85. The van der Waals surface area contributed by atoms with Gasteiger partial charge in [-0.1, -0.05) is 18.2 Å². The van der Waals surface area contributed by atoms with Gasteiger partial charge in [-0.15, -0.1) is 0 Å². The van der Waals surface area contributed by atoms with E-state index in [0.29, 0.717) is 41.7 Å². The molecule has 0 atom stereocenters. The summed E-state index contributed by atoms with van der Waals surface area (Å²) in [6.07, 6.45) is 0. The second-order valence-electron chi connectivity index (χ2n) is 5.86. The highest BCUT2D eigenvalue weighted by Gasteiger charge is 2.20. The van der Waals surface area contributed by atoms with E-state index in [0.717, 1.165) is 0 Å². The summed E-state index contributed by atoms with van der Waals surface area (Å²) in [7, 11) is 2.99. The van der Waals surface area contributed by atoms with Crippen LogP contribution in [-0.4, -0.2) is 45.7 Å². The molecule has 0 fully saturated rings. The normalized spacial score (nSPS) is 10.1. The fourth-order valence-corrected chi connectivity index (χ4v) is 2.85. The Balaban J connectivity index is 2.13. The summed E-state index contributed by atoms with van der Waals surface area (Å²) in [5, 5.41) is 2.82. The van der Waals surface area contributed by atoms with E-state index in [1.165, 1.54) is 21.1 Å². The second kappa shape index (κ2) is 10.2. The van der Waals surface area contributed by atoms with Crippen LogP contribution < -0.4 is 24.4 Å². The number of benzene rings is 2. The molecule has 150 valence electrons. The van der Waals surface area contributed by atoms with Gasteiger partial charge in [0, 0.05) is 20.0 Å². The molecule has 0 spiro atoms. The topological polar surface area (TPSA) is 77.1 Å². The van der Waals surface area contributed by atoms with Gasteiger partial charge >= 0.3 is 0 Å². The molecule has 0 bridgehead atoms. The molecule has 0 radical (unpaired) electrons. The lowest BCUT2D eigenvalue weighted by molar-refractivity contribution is -0.116. The van der Waals surface area contributed by atoms with Crippen LogP contribution in [0, 0.1) is 0 Å². The largest absolute Gasteiger partial charge is 0.496 e. The molecule has 2 aromatic carbocycles. The maximum Gasteiger partial charge on any atom is 0.258 e. The molecule has 0 aliphatic rings. The first-order valence-electron chi connectivity index (χ1n) is 9.02. The molecule has 2 amide bonds. The summed E-state index contributed by atoms with van der Waals surface area (Å²) < 4.78 is 16.1. The Morgan fingerprint density at radius 1 is 0.964 bits per heavy atom. The number of nitrogens with zero attached hydrogens (tertiary/aromatic N) is 1. The van der Waals surface area contributed by atoms with E-state index in [-0.39, 0.29) is 18.4 Å². The van der Waals surface area contributed by atoms with E-state index in [1.54, 1.807) is 23.1 Å². The minimum absolute atomic E-state index is 0.142. The Morgan fingerprint density at radius 3 is 2.14 bits per heavy atom. The Labute approximate surface area is 165 Å². The van der Waals surface area contributed by atoms with Crippen LogP contribution in [0.15, 0.2) is 42.5 Å². The molecule has 0 unspecified atom stereocenters. The van der Waals surface area contributed by atoms with Gasteiger partial charge in [0.1, 0.15) is 22.8 Å². The molecule has 0 saturated heterocycles. The first-order valence-corrected chi connectivity index (χ1v) is 9.02. The summed E-state index contributed by atoms with van der Waals surface area (Å²) in [5.74, 6) is 0.981. The Morgan fingerprint density at radius 2 is 1.57 bits per heavy atom. The molecular weight excluding hydrogens is 360 g/mol. The standard InChI is InChI=1S/C21H26N2O5/c1-5-28-17-10-7-6-9-16(17)23(15(2)24)14-13-22-21(25)20-18(26-3)11-8-12-19(20)27-4/h6-12H,5,13-14H2,1-4H3,(H,22,25). The van der Waals surface area contributed by atoms with Crippen LogP contribution in [0.1, 0.15) is 24.2 Å². The first kappa shape index (κ1) is 21.1. The molecule has 0 aromatic heterocycles. The van der Waals surface area contributed by atoms with E-state index < -0.39 is 0 Å². The number of methoxy groups -OCH3 is 2. The maximum absolute atomic E-state index is 12.7. The van der Waals surface area contributed by atoms with Gasteiger partial charge in [0.25, 0.3) is 5.91 Å². The van der Waals surface area contributed by atoms with Crippen molar-refractivity contribution in [3.8, 4) is 17.2 Å². The average Bonchev–Trinajstić information content (AvgIpc) is 2.71. The van der Waals surface area contributed by atoms with E-state index in [1.807, 2.05) is 31.2 Å². The van der Waals surface area contributed by atoms with Gasteiger partial charge in [-0.3, -0.25) is 9.59 Å². The van der Waals surface area contributed by atoms with Gasteiger partial charge in [-0.05, 0) is 31.2 Å². The number of hydrogen-bond acceptors (Lipinski definition) is 5. The van der Waals surface area contributed by atoms with Gasteiger partial charge in [-0.2, -0.15) is 0 Å². The molecule has 7 heteroatoms. The lowest BCUT2D eigenvalue weighted by Crippen LogP contribution is -2.38. The number of anilines is 1. The van der Waals surface area contributed by atoms with Crippen molar-refractivity contribution in [3.05, 3.63) is 48.0 Å². The number of para-hydroxylation sites is 2. The summed E-state index contributed by atoms with van der Waals surface area (Å²) in [6.45, 7) is 4.40. The monoisotopic (exact) mass is 386 g/mol. The zero-order valence-electron chi connectivity index (χ0n) is 16.7. The zero-order valence-corrected chi connectivity index (χ0v) is 16.7. The highest BCUT2D eigenvalue weighted by atomic mass is 16.5. The van der Waals surface area contributed by atoms with E-state index >= 15 is 0 Å². The molecule has 28 heavy (non-hydrogen) atoms. The van der Waals surface area contributed by atoms with Gasteiger partial charge in [-0.25, -0.2) is 0 Å². The fraction of sp³-hybridized carbons (Fsp3) is 0.333. The van der Waals surface area contributed by atoms with Crippen molar-refractivity contribution >= 4 is 17.5 Å². The van der Waals surface area contributed by atoms with Crippen molar-refractivity contribution in [2.45, 2.75) is 13.8 Å². The lowest BCUT2D eigenvalue weighted by Gasteiger charge is -2.24. The van der Waals surface area contributed by atoms with E-state index in [2.05, 4.69) is 5.32 Å². The molecular formula is C21H26N2O5. The molecule has 0 saturated carbocycles. The summed E-state index contributed by atoms with van der Waals surface area (Å²) in [6, 6.07) is 12.4. The molecule has 0 aliphatic carbocycles. The molecule has 0 aliphatic heterocycles. The molecule has 7 nitrogen and oxygen atoms in total. The van der Waals surface area contributed by atoms with Crippen molar-refractivity contribution in [2.24, 2.45) is 0 Å². The quantitative estimate of drug-likeness (QED) is 0.717. The van der Waals surface area contributed by atoms with Crippen LogP contribution in [0.3, 0.4) is 0 Å². The smallest absolute Gasteiger partial charge is 0.258 e. The van der Waals surface area contributed by atoms with Gasteiger partial charge < -0.3 is 24.4 Å². The Kier molecular flexibility index (Phi) is 7.68. The first-order chi connectivity index (χ1) is 13.5. The number of hydrogen-bond donors (Lipinski definition) is 1. The highest BCUT2D eigenvalue weighted by Crippen LogP contribution is 2.29. The van der Waals surface area contributed by atoms with Gasteiger partial charge in [0.05, 0.1) is 26.5 Å². The second-order valence-corrected chi connectivity index (χ2v) is 5.86. The van der Waals surface area contributed by atoms with Crippen LogP contribution in [0.4, 0.5) is 5.69 Å². The number of ether oxygens (including phenoxy) is 3. The third-order valence-corrected chi connectivity index (χ3v) is 4.11. The van der Waals surface area contributed by atoms with Crippen LogP contribution in [0.25, 0.3) is 0 Å². The maximum atomic E-state index is 12.7. The number of carbonyl (C=O) groups is 2. The van der Waals surface area contributed by atoms with Crippen molar-refractivity contribution in [1.29, 1.82) is 0 Å². The molecule has 2 rings (SSSR count). The third kappa shape index (κ3) is 4.94. The lowest BCUT2D eigenvalue weighted by atomic mass is 10.1. The zero-order chi connectivity index (χ0) is 20.5. The van der Waals surface area contributed by atoms with Crippen LogP contribution in [-0.2, 0) is 4.79 Å². The molecule has 1 N–H and O–H groups in total. The minimum Gasteiger partial charge on any atom is -0.496 e. The van der Waals surface area contributed by atoms with Crippen molar-refractivity contribution in [3.63, 3.8) is 0 Å². The predicted octanol–water partition coefficient (Wildman–Crippen LogP) is 2.89. The SMILES string of the molecule is CCOc1ccccc1N(CCNC(=O)c1c(OC)cccc1OC)C(C)=O. The van der Waals surface area contributed by atoms with Crippen LogP contribution >= 0.6 is 0 Å². The number of amides is 2. The van der Waals surface area contributed by atoms with Crippen LogP contribution in [0.5, 0.6) is 17.2 Å². The number of nitrogens with one attached hydrogen (secondary N) is 1. The van der Waals surface area contributed by atoms with E-state index in [9.17, 15) is 9.59 Å². The third-order valence-electron chi connectivity index (χ3n) is 4.11. The van der Waals surface area contributed by atoms with Crippen molar-refractivity contribution in [2.75, 3.05) is 38.8 Å². The van der Waals surface area contributed by atoms with Crippen molar-refractivity contribution in [1.82, 2.24) is 5.32 Å². The van der Waals surface area contributed by atoms with Gasteiger partial charge in [0.2, 0.25) is 5.91 Å². The van der Waals surface area contributed by atoms with Crippen molar-refractivity contribution < 1.29 is 23.8 Å². The van der Waals surface area contributed by atoms with Gasteiger partial charge in [0.15, 0.2) is 0 Å². The molecule has 0 heterocycles. The predicted molar refractivity (Wildman–Crippen MR) is 108 cm³/mol. The highest BCUT2D eigenvalue weighted by molar-refractivity contribution is 6.00. The Bertz CT molecular complexity index is 800. The summed E-state index contributed by atoms with van der Waals surface area (Å²) >= 11 is 0. The minimum atomic E-state index is -0.337. The Hall–Kier alpha value is -3.22.